The molecule has 6 amide bonds. The number of aryl methyl sites for hydroxylation is 1. The van der Waals surface area contributed by atoms with Crippen LogP contribution >= 0.6 is 23.5 Å². The smallest absolute Gasteiger partial charge is 0.329 e. The van der Waals surface area contributed by atoms with Crippen molar-refractivity contribution in [2.45, 2.75) is 294 Å². The van der Waals surface area contributed by atoms with Gasteiger partial charge in [0.1, 0.15) is 60.0 Å². The predicted octanol–water partition coefficient (Wildman–Crippen LogP) is 9.57. The van der Waals surface area contributed by atoms with Crippen LogP contribution < -0.4 is 21.3 Å². The monoisotopic (exact) mass is 1450 g/mol. The average molecular weight is 1450 g/mol. The van der Waals surface area contributed by atoms with Crippen LogP contribution in [0.2, 0.25) is 0 Å². The number of carbonyl (C=O) groups is 10. The molecule has 24 heteroatoms. The van der Waals surface area contributed by atoms with E-state index >= 15 is 0 Å². The number of ketones is 2. The Kier molecular flexibility index (Phi) is 33.1. The number of ether oxygens (including phenoxy) is 2. The van der Waals surface area contributed by atoms with Gasteiger partial charge in [-0.25, -0.2) is 9.59 Å². The molecule has 0 radical (unpaired) electrons. The third-order valence-electron chi connectivity index (χ3n) is 20.9. The number of nitrogens with zero attached hydrogens (tertiary/aromatic N) is 4. The largest absolute Gasteiger partial charge is 0.460 e. The number of thioether (sulfide) groups is 2. The zero-order valence-electron chi connectivity index (χ0n) is 64.3. The van der Waals surface area contributed by atoms with E-state index in [2.05, 4.69) is 28.2 Å². The van der Waals surface area contributed by atoms with Gasteiger partial charge in [-0.1, -0.05) is 140 Å². The summed E-state index contributed by atoms with van der Waals surface area (Å²) in [6.07, 6.45) is 3.62. The summed E-state index contributed by atoms with van der Waals surface area (Å²) in [5.74, 6) is -4.50. The summed E-state index contributed by atoms with van der Waals surface area (Å²) in [6.45, 7) is 36.2. The van der Waals surface area contributed by atoms with Gasteiger partial charge < -0.3 is 50.8 Å². The number of cyclic esters (lactones) is 2. The lowest BCUT2D eigenvalue weighted by molar-refractivity contribution is -0.165. The molecule has 5 aliphatic rings. The molecule has 101 heavy (non-hydrogen) atoms. The van der Waals surface area contributed by atoms with Crippen LogP contribution in [0.4, 0.5) is 0 Å². The van der Waals surface area contributed by atoms with E-state index in [0.29, 0.717) is 77.2 Å². The maximum atomic E-state index is 14.1. The van der Waals surface area contributed by atoms with E-state index in [1.807, 2.05) is 121 Å². The molecule has 6 rings (SSSR count). The summed E-state index contributed by atoms with van der Waals surface area (Å²) < 4.78 is 12.3. The van der Waals surface area contributed by atoms with E-state index < -0.39 is 119 Å². The quantitative estimate of drug-likeness (QED) is 0.149. The van der Waals surface area contributed by atoms with Crippen molar-refractivity contribution >= 4 is 92.6 Å². The molecule has 0 saturated carbocycles. The lowest BCUT2D eigenvalue weighted by Gasteiger charge is -2.36. The van der Waals surface area contributed by atoms with Gasteiger partial charge in [0, 0.05) is 74.5 Å². The number of nitrogens with one attached hydrogen (secondary N) is 4. The number of likely N-dealkylation sites (N-methyl/N-ethyl adjacent to an activating group) is 1. The molecule has 5 heterocycles. The van der Waals surface area contributed by atoms with Crippen molar-refractivity contribution in [2.75, 3.05) is 25.1 Å². The number of carbonyl (C=O) groups excluding carboxylic acids is 10. The van der Waals surface area contributed by atoms with Gasteiger partial charge in [-0.3, -0.25) is 48.3 Å². The highest BCUT2D eigenvalue weighted by Crippen LogP contribution is 2.37. The maximum Gasteiger partial charge on any atom is 0.329 e. The van der Waals surface area contributed by atoms with Gasteiger partial charge in [0.2, 0.25) is 35.4 Å². The first-order valence-electron chi connectivity index (χ1n) is 37.2. The summed E-state index contributed by atoms with van der Waals surface area (Å²) >= 11 is 3.24. The molecule has 0 unspecified atom stereocenters. The molecule has 22 nitrogen and oxygen atoms in total. The molecule has 1 aromatic carbocycles. The van der Waals surface area contributed by atoms with Crippen LogP contribution in [0.1, 0.15) is 219 Å². The minimum Gasteiger partial charge on any atom is -0.460 e. The zero-order chi connectivity index (χ0) is 75.7. The van der Waals surface area contributed by atoms with Crippen molar-refractivity contribution in [2.24, 2.45) is 68.2 Å². The molecular formula is C77H124N8O14S2. The normalized spacial score (nSPS) is 33.1. The highest BCUT2D eigenvalue weighted by molar-refractivity contribution is 8.14. The molecule has 1 fully saturated rings. The number of esters is 2. The first kappa shape index (κ1) is 85.9. The van der Waals surface area contributed by atoms with Gasteiger partial charge in [0.05, 0.1) is 34.4 Å². The van der Waals surface area contributed by atoms with Gasteiger partial charge in [0.25, 0.3) is 0 Å². The maximum absolute atomic E-state index is 14.1. The van der Waals surface area contributed by atoms with Crippen LogP contribution in [-0.2, 0) is 63.8 Å². The van der Waals surface area contributed by atoms with Crippen LogP contribution in [0, 0.1) is 65.1 Å². The van der Waals surface area contributed by atoms with E-state index in [4.69, 9.17) is 19.5 Å². The Hall–Kier alpha value is -5.72. The summed E-state index contributed by atoms with van der Waals surface area (Å²) in [6, 6.07) is 2.26. The number of fused-ring (bicyclic) bond motifs is 3. The van der Waals surface area contributed by atoms with Gasteiger partial charge in [-0.2, -0.15) is 0 Å². The lowest BCUT2D eigenvalue weighted by Crippen LogP contribution is -2.57. The van der Waals surface area contributed by atoms with Crippen LogP contribution in [0.5, 0.6) is 0 Å². The Labute approximate surface area is 611 Å². The third kappa shape index (κ3) is 25.8. The van der Waals surface area contributed by atoms with Gasteiger partial charge in [-0.15, -0.1) is 23.5 Å². The Balaban J connectivity index is 0.000000368. The Morgan fingerprint density at radius 2 is 1.06 bits per heavy atom. The summed E-state index contributed by atoms with van der Waals surface area (Å²) in [7, 11) is 1.52. The van der Waals surface area contributed by atoms with E-state index in [9.17, 15) is 58.2 Å². The summed E-state index contributed by atoms with van der Waals surface area (Å²) in [5.41, 5.74) is 1.21. The first-order chi connectivity index (χ1) is 47.1. The fourth-order valence-corrected chi connectivity index (χ4v) is 15.7. The minimum absolute atomic E-state index is 0.0204. The van der Waals surface area contributed by atoms with Gasteiger partial charge in [-0.05, 0) is 126 Å². The highest BCUT2D eigenvalue weighted by atomic mass is 32.2. The van der Waals surface area contributed by atoms with E-state index in [1.165, 1.54) is 23.8 Å². The molecule has 19 atom stereocenters. The third-order valence-corrected chi connectivity index (χ3v) is 23.5. The molecule has 5 aliphatic heterocycles. The number of benzene rings is 1. The minimum atomic E-state index is -0.980. The second-order valence-corrected chi connectivity index (χ2v) is 34.6. The zero-order valence-corrected chi connectivity index (χ0v) is 65.9. The Morgan fingerprint density at radius 3 is 1.53 bits per heavy atom. The highest BCUT2D eigenvalue weighted by Gasteiger charge is 2.44. The van der Waals surface area contributed by atoms with Crippen molar-refractivity contribution in [3.05, 3.63) is 35.4 Å². The average Bonchev–Trinajstić information content (AvgIpc) is 1.53. The standard InChI is InChI=1S/C42H64N4O7S.C35H60N4O7S/c1-24(2)36-40(51)46-18-10-11-33(46)41(52)53-35(42(7,8)9)20-26(4)19-34(48)27(5)39-44-31(23-54-39)16-17-32(47)22-30(21-29-14-12-25(3)13-15-29)38(50)43-28(6)37(49)45-36;1-12-20(3)29-33(44)39(11)24(7)34(45)46-28(35(8,9)10)16-19(2)15-27(41)22(5)32-37-25(18-47-32)13-14-26(40)17-21(4)30(42)36-23(6)31(43)38-29/h12-15,24,26-28,30-31,33-36,48H,10-11,16-23H2,1-9H3,(H,43,50)(H,45,49);19-25,27-29,41H,12-18H2,1-11H3,(H,36,42)(H,38,43)/t26-,27-,28-,30+,31-,33-,34-,35-,36-;19-,20-,21+,22-,23-,24-,25-,27-,28-,29-/m00/s1. The summed E-state index contributed by atoms with van der Waals surface area (Å²) in [5, 5.41) is 35.4. The Morgan fingerprint density at radius 1 is 0.594 bits per heavy atom. The number of hydrogen-bond donors (Lipinski definition) is 6. The molecule has 568 valence electrons. The molecule has 0 spiro atoms. The van der Waals surface area contributed by atoms with Gasteiger partial charge in [0.15, 0.2) is 0 Å². The topological polar surface area (TPSA) is 309 Å². The first-order valence-corrected chi connectivity index (χ1v) is 39.1. The van der Waals surface area contributed by atoms with Crippen LogP contribution in [0.15, 0.2) is 34.3 Å². The lowest BCUT2D eigenvalue weighted by atomic mass is 9.81. The SMILES string of the molecule is CC[C@H](C)[C@@H]1NC(=O)[C@H](C)NC(=O)[C@H](C)CC(=O)CC[C@H]2CSC(=N2)[C@@H](C)[C@@H](O)C[C@H](C)C[C@@H](C(C)(C)C)OC(=O)[C@H](C)N(C)C1=O.Cc1ccc(C[C@@H]2CC(=O)CC[C@H]3CSC(=N3)[C@@H](C)[C@@H](O)C[C@H](C)C[C@@H](C(C)(C)C)OC(=O)[C@@H]3CCCN3C(=O)[C@H](C(C)C)NC(=O)[C@H](C)NC2=O)cc1. The molecule has 4 bridgehead atoms. The second kappa shape index (κ2) is 38.9. The van der Waals surface area contributed by atoms with Crippen LogP contribution in [0.25, 0.3) is 0 Å². The number of amides is 6. The molecular weight excluding hydrogens is 1330 g/mol. The van der Waals surface area contributed by atoms with Gasteiger partial charge >= 0.3 is 11.9 Å². The number of aliphatic hydroxyl groups is 2. The van der Waals surface area contributed by atoms with Crippen molar-refractivity contribution in [3.63, 3.8) is 0 Å². The number of aliphatic imine (C=N–C) groups is 2. The molecule has 1 saturated heterocycles. The molecule has 0 aromatic heterocycles. The fraction of sp³-hybridized carbons (Fsp3) is 0.766. The van der Waals surface area contributed by atoms with Crippen molar-refractivity contribution in [1.82, 2.24) is 31.1 Å². The van der Waals surface area contributed by atoms with E-state index in [0.717, 1.165) is 32.7 Å². The number of hydrogen-bond acceptors (Lipinski definition) is 18. The second-order valence-electron chi connectivity index (χ2n) is 32.5. The predicted molar refractivity (Wildman–Crippen MR) is 399 cm³/mol. The van der Waals surface area contributed by atoms with Crippen LogP contribution in [0.3, 0.4) is 0 Å². The fourth-order valence-electron chi connectivity index (χ4n) is 13.2. The molecule has 1 aromatic rings. The number of rotatable bonds is 5. The van der Waals surface area contributed by atoms with Crippen molar-refractivity contribution in [3.8, 4) is 0 Å². The van der Waals surface area contributed by atoms with Crippen molar-refractivity contribution < 1.29 is 67.6 Å². The van der Waals surface area contributed by atoms with Crippen LogP contribution in [-0.4, -0.2) is 187 Å². The number of aliphatic hydroxyl groups excluding tert-OH is 2. The number of Topliss-reactive ketones (excluding diaryl/α,β-unsaturated/α-hetero) is 2. The Bertz CT molecular complexity index is 3080. The summed E-state index contributed by atoms with van der Waals surface area (Å²) in [4.78, 5) is 147. The molecule has 6 N–H and O–H groups in total. The van der Waals surface area contributed by atoms with E-state index in [-0.39, 0.29) is 89.7 Å². The van der Waals surface area contributed by atoms with Crippen molar-refractivity contribution in [1.29, 1.82) is 0 Å². The molecule has 0 aliphatic carbocycles. The van der Waals surface area contributed by atoms with E-state index in [1.54, 1.807) is 44.3 Å².